The summed E-state index contributed by atoms with van der Waals surface area (Å²) in [5.74, 6) is -0.360. The predicted octanol–water partition coefficient (Wildman–Crippen LogP) is 3.05. The topological polar surface area (TPSA) is 90.5 Å². The molecule has 2 atom stereocenters. The molecule has 4 amide bonds. The monoisotopic (exact) mass is 412 g/mol. The van der Waals surface area contributed by atoms with E-state index in [-0.39, 0.29) is 29.9 Å². The number of urea groups is 1. The number of hydrogen-bond acceptors (Lipinski definition) is 4. The van der Waals surface area contributed by atoms with Gasteiger partial charge in [0.2, 0.25) is 5.91 Å². The van der Waals surface area contributed by atoms with Crippen molar-refractivity contribution in [1.29, 1.82) is 0 Å². The molecule has 0 saturated carbocycles. The van der Waals surface area contributed by atoms with Crippen molar-refractivity contribution in [1.82, 2.24) is 15.5 Å². The number of piperidine rings is 1. The first-order chi connectivity index (χ1) is 13.9. The molecule has 0 radical (unpaired) electrons. The number of amides is 4. The molecule has 0 unspecified atom stereocenters. The van der Waals surface area contributed by atoms with Crippen molar-refractivity contribution in [2.24, 2.45) is 0 Å². The van der Waals surface area contributed by atoms with Crippen LogP contribution < -0.4 is 16.0 Å². The van der Waals surface area contributed by atoms with E-state index in [0.29, 0.717) is 30.6 Å². The van der Waals surface area contributed by atoms with Crippen molar-refractivity contribution in [3.05, 3.63) is 40.6 Å². The Balaban J connectivity index is 1.55. The lowest BCUT2D eigenvalue weighted by Gasteiger charge is -2.37. The molecule has 29 heavy (non-hydrogen) atoms. The van der Waals surface area contributed by atoms with Crippen LogP contribution in [-0.4, -0.2) is 47.4 Å². The molecule has 1 aromatic carbocycles. The molecule has 8 heteroatoms. The molecule has 1 fully saturated rings. The molecule has 2 aliphatic rings. The van der Waals surface area contributed by atoms with Crippen LogP contribution >= 0.6 is 11.3 Å². The Bertz CT molecular complexity index is 941. The number of carbonyl (C=O) groups excluding carboxylic acids is 3. The third-order valence-electron chi connectivity index (χ3n) is 5.28. The molecular weight excluding hydrogens is 388 g/mol. The van der Waals surface area contributed by atoms with Crippen LogP contribution in [0, 0.1) is 0 Å². The quantitative estimate of drug-likeness (QED) is 0.724. The molecule has 152 valence electrons. The first kappa shape index (κ1) is 19.4. The summed E-state index contributed by atoms with van der Waals surface area (Å²) in [4.78, 5) is 39.8. The number of fused-ring (bicyclic) bond motifs is 2. The van der Waals surface area contributed by atoms with Gasteiger partial charge in [-0.3, -0.25) is 9.59 Å². The van der Waals surface area contributed by atoms with Gasteiger partial charge in [-0.05, 0) is 66.8 Å². The lowest BCUT2D eigenvalue weighted by molar-refractivity contribution is -0.121. The number of anilines is 1. The van der Waals surface area contributed by atoms with Crippen LogP contribution in [0.2, 0.25) is 0 Å². The minimum atomic E-state index is -0.599. The van der Waals surface area contributed by atoms with Crippen LogP contribution in [0.1, 0.15) is 37.0 Å². The van der Waals surface area contributed by atoms with E-state index < -0.39 is 6.04 Å². The molecule has 0 spiro atoms. The Kier molecular flexibility index (Phi) is 5.27. The fraction of sp³-hybridized carbons (Fsp3) is 0.381. The fourth-order valence-corrected chi connectivity index (χ4v) is 4.55. The summed E-state index contributed by atoms with van der Waals surface area (Å²) < 4.78 is 0. The van der Waals surface area contributed by atoms with Crippen LogP contribution in [0.4, 0.5) is 10.5 Å². The first-order valence-electron chi connectivity index (χ1n) is 9.78. The summed E-state index contributed by atoms with van der Waals surface area (Å²) in [6, 6.07) is 6.60. The maximum absolute atomic E-state index is 13.2. The van der Waals surface area contributed by atoms with Gasteiger partial charge in [0.1, 0.15) is 6.04 Å². The van der Waals surface area contributed by atoms with Crippen molar-refractivity contribution in [3.63, 3.8) is 0 Å². The molecule has 0 bridgehead atoms. The second-order valence-electron chi connectivity index (χ2n) is 7.77. The van der Waals surface area contributed by atoms with E-state index in [2.05, 4.69) is 16.0 Å². The van der Waals surface area contributed by atoms with Gasteiger partial charge < -0.3 is 20.9 Å². The second-order valence-corrected chi connectivity index (χ2v) is 8.55. The van der Waals surface area contributed by atoms with Crippen LogP contribution in [0.15, 0.2) is 35.0 Å². The number of rotatable bonds is 3. The van der Waals surface area contributed by atoms with E-state index in [1.54, 1.807) is 22.3 Å². The van der Waals surface area contributed by atoms with Gasteiger partial charge in [-0.1, -0.05) is 6.07 Å². The maximum Gasteiger partial charge on any atom is 0.315 e. The second kappa shape index (κ2) is 7.87. The fourth-order valence-electron chi connectivity index (χ4n) is 3.89. The van der Waals surface area contributed by atoms with Gasteiger partial charge in [0.25, 0.3) is 5.91 Å². The number of hydrogen-bond donors (Lipinski definition) is 3. The smallest absolute Gasteiger partial charge is 0.315 e. The summed E-state index contributed by atoms with van der Waals surface area (Å²) in [7, 11) is 0. The van der Waals surface area contributed by atoms with Crippen LogP contribution in [-0.2, 0) is 4.79 Å². The van der Waals surface area contributed by atoms with Crippen LogP contribution in [0.5, 0.6) is 0 Å². The van der Waals surface area contributed by atoms with E-state index in [1.807, 2.05) is 42.8 Å². The van der Waals surface area contributed by atoms with E-state index >= 15 is 0 Å². The van der Waals surface area contributed by atoms with E-state index in [4.69, 9.17) is 0 Å². The van der Waals surface area contributed by atoms with Gasteiger partial charge in [-0.2, -0.15) is 11.3 Å². The number of nitrogens with zero attached hydrogens (tertiary/aromatic N) is 1. The summed E-state index contributed by atoms with van der Waals surface area (Å²) in [5.41, 5.74) is 3.05. The highest BCUT2D eigenvalue weighted by atomic mass is 32.1. The maximum atomic E-state index is 13.2. The first-order valence-corrected chi connectivity index (χ1v) is 10.7. The van der Waals surface area contributed by atoms with Crippen molar-refractivity contribution < 1.29 is 14.4 Å². The van der Waals surface area contributed by atoms with Crippen molar-refractivity contribution in [2.45, 2.75) is 44.8 Å². The average molecular weight is 413 g/mol. The minimum Gasteiger partial charge on any atom is -0.336 e. The van der Waals surface area contributed by atoms with Crippen LogP contribution in [0.25, 0.3) is 11.1 Å². The lowest BCUT2D eigenvalue weighted by Crippen LogP contribution is -2.56. The standard InChI is InChI=1S/C21H24N4O3S/c1-12(2)22-21(28)23-15-5-7-25-18(10-15)19(26)24-17-4-3-13(9-16(17)20(25)27)14-6-8-29-11-14/h3-4,6,8-9,11-12,15,18H,5,7,10H2,1-2H3,(H,24,26)(H2,22,23,28)/t15-,18-/m0/s1. The molecule has 3 N–H and O–H groups in total. The van der Waals surface area contributed by atoms with E-state index in [0.717, 1.165) is 11.1 Å². The third-order valence-corrected chi connectivity index (χ3v) is 5.97. The minimum absolute atomic E-state index is 0.0322. The predicted molar refractivity (Wildman–Crippen MR) is 113 cm³/mol. The Morgan fingerprint density at radius 1 is 1.24 bits per heavy atom. The van der Waals surface area contributed by atoms with Crippen molar-refractivity contribution in [3.8, 4) is 11.1 Å². The zero-order chi connectivity index (χ0) is 20.5. The van der Waals surface area contributed by atoms with Gasteiger partial charge in [-0.15, -0.1) is 0 Å². The molecule has 2 aromatic rings. The number of benzene rings is 1. The Hall–Kier alpha value is -2.87. The zero-order valence-corrected chi connectivity index (χ0v) is 17.2. The van der Waals surface area contributed by atoms with Gasteiger partial charge in [0.05, 0.1) is 11.3 Å². The number of carbonyl (C=O) groups is 3. The Labute approximate surface area is 173 Å². The highest BCUT2D eigenvalue weighted by Crippen LogP contribution is 2.32. The lowest BCUT2D eigenvalue weighted by atomic mass is 9.96. The Morgan fingerprint density at radius 3 is 2.79 bits per heavy atom. The van der Waals surface area contributed by atoms with Crippen LogP contribution in [0.3, 0.4) is 0 Å². The van der Waals surface area contributed by atoms with Gasteiger partial charge in [-0.25, -0.2) is 4.79 Å². The summed E-state index contributed by atoms with van der Waals surface area (Å²) in [6.07, 6.45) is 1.01. The zero-order valence-electron chi connectivity index (χ0n) is 16.4. The molecule has 2 aliphatic heterocycles. The average Bonchev–Trinajstić information content (AvgIpc) is 3.18. The van der Waals surface area contributed by atoms with Crippen molar-refractivity contribution >= 4 is 34.9 Å². The number of thiophene rings is 1. The number of nitrogens with one attached hydrogen (secondary N) is 3. The SMILES string of the molecule is CC(C)NC(=O)N[C@H]1CCN2C(=O)c3cc(-c4ccsc4)ccc3NC(=O)[C@@H]2C1. The summed E-state index contributed by atoms with van der Waals surface area (Å²) in [5, 5.41) is 12.6. The summed E-state index contributed by atoms with van der Waals surface area (Å²) >= 11 is 1.60. The van der Waals surface area contributed by atoms with Gasteiger partial charge in [0, 0.05) is 18.6 Å². The van der Waals surface area contributed by atoms with Crippen molar-refractivity contribution in [2.75, 3.05) is 11.9 Å². The molecule has 3 heterocycles. The van der Waals surface area contributed by atoms with E-state index in [1.165, 1.54) is 0 Å². The molecule has 7 nitrogen and oxygen atoms in total. The van der Waals surface area contributed by atoms with E-state index in [9.17, 15) is 14.4 Å². The highest BCUT2D eigenvalue weighted by Gasteiger charge is 2.40. The third kappa shape index (κ3) is 3.98. The van der Waals surface area contributed by atoms with Gasteiger partial charge in [0.15, 0.2) is 0 Å². The van der Waals surface area contributed by atoms with Gasteiger partial charge >= 0.3 is 6.03 Å². The highest BCUT2D eigenvalue weighted by molar-refractivity contribution is 7.08. The largest absolute Gasteiger partial charge is 0.336 e. The molecule has 4 rings (SSSR count). The molecule has 1 saturated heterocycles. The molecule has 0 aliphatic carbocycles. The molecular formula is C21H24N4O3S. The normalized spacial score (nSPS) is 21.1. The molecule has 1 aromatic heterocycles. The Morgan fingerprint density at radius 2 is 2.07 bits per heavy atom. The summed E-state index contributed by atoms with van der Waals surface area (Å²) in [6.45, 7) is 4.20.